The first-order chi connectivity index (χ1) is 13.4. The van der Waals surface area contributed by atoms with Gasteiger partial charge in [0.1, 0.15) is 11.6 Å². The van der Waals surface area contributed by atoms with E-state index >= 15 is 0 Å². The highest BCUT2D eigenvalue weighted by Gasteiger charge is 2.62. The van der Waals surface area contributed by atoms with E-state index in [4.69, 9.17) is 4.52 Å². The molecule has 8 nitrogen and oxygen atoms in total. The van der Waals surface area contributed by atoms with Crippen LogP contribution in [0, 0.1) is 0 Å². The Bertz CT molecular complexity index is 940. The topological polar surface area (TPSA) is 96.6 Å². The van der Waals surface area contributed by atoms with Gasteiger partial charge in [0, 0.05) is 37.5 Å². The van der Waals surface area contributed by atoms with E-state index < -0.39 is 17.5 Å². The van der Waals surface area contributed by atoms with Crippen LogP contribution >= 0.6 is 0 Å². The molecule has 0 aliphatic carbocycles. The van der Waals surface area contributed by atoms with E-state index in [1.807, 2.05) is 6.92 Å². The zero-order valence-electron chi connectivity index (χ0n) is 15.1. The van der Waals surface area contributed by atoms with Crippen molar-refractivity contribution in [2.75, 3.05) is 13.1 Å². The van der Waals surface area contributed by atoms with Crippen molar-refractivity contribution in [3.05, 3.63) is 42.1 Å². The molecule has 3 aromatic rings. The van der Waals surface area contributed by atoms with Crippen LogP contribution in [0.5, 0.6) is 0 Å². The van der Waals surface area contributed by atoms with E-state index in [0.29, 0.717) is 23.6 Å². The number of hydrogen-bond donors (Lipinski definition) is 1. The first-order valence-corrected chi connectivity index (χ1v) is 8.85. The summed E-state index contributed by atoms with van der Waals surface area (Å²) in [6.07, 6.45) is -1.01. The van der Waals surface area contributed by atoms with Gasteiger partial charge in [-0.15, -0.1) is 0 Å². The number of aryl methyl sites for hydroxylation is 1. The summed E-state index contributed by atoms with van der Waals surface area (Å²) in [5, 5.41) is 10.5. The fraction of sp³-hybridized carbons (Fsp3) is 0.471. The van der Waals surface area contributed by atoms with Crippen LogP contribution < -0.4 is 0 Å². The zero-order valence-corrected chi connectivity index (χ0v) is 15.1. The van der Waals surface area contributed by atoms with Gasteiger partial charge in [-0.05, 0) is 18.6 Å². The van der Waals surface area contributed by atoms with Crippen molar-refractivity contribution in [1.29, 1.82) is 0 Å². The van der Waals surface area contributed by atoms with Gasteiger partial charge in [0.15, 0.2) is 5.41 Å². The molecular weight excluding hydrogens is 375 g/mol. The molecule has 0 aromatic carbocycles. The molecule has 0 saturated carbocycles. The number of aromatic nitrogens is 6. The summed E-state index contributed by atoms with van der Waals surface area (Å²) in [6, 6.07) is 3.32. The number of rotatable bonds is 5. The second kappa shape index (κ2) is 6.97. The van der Waals surface area contributed by atoms with Crippen LogP contribution in [-0.4, -0.2) is 54.5 Å². The molecule has 4 heterocycles. The van der Waals surface area contributed by atoms with E-state index in [9.17, 15) is 13.2 Å². The molecule has 0 amide bonds. The lowest BCUT2D eigenvalue weighted by atomic mass is 9.86. The molecule has 1 fully saturated rings. The molecule has 28 heavy (non-hydrogen) atoms. The van der Waals surface area contributed by atoms with Gasteiger partial charge in [0.25, 0.3) is 0 Å². The third kappa shape index (κ3) is 3.26. The number of H-pyrrole nitrogens is 1. The predicted molar refractivity (Wildman–Crippen MR) is 90.9 cm³/mol. The minimum Gasteiger partial charge on any atom is -0.338 e. The molecule has 4 rings (SSSR count). The fourth-order valence-electron chi connectivity index (χ4n) is 3.36. The summed E-state index contributed by atoms with van der Waals surface area (Å²) in [4.78, 5) is 13.9. The number of alkyl halides is 3. The van der Waals surface area contributed by atoms with E-state index in [-0.39, 0.29) is 31.9 Å². The lowest BCUT2D eigenvalue weighted by Crippen LogP contribution is -2.45. The van der Waals surface area contributed by atoms with Crippen molar-refractivity contribution in [3.8, 4) is 11.4 Å². The maximum atomic E-state index is 14.1. The molecule has 148 valence electrons. The summed E-state index contributed by atoms with van der Waals surface area (Å²) in [6.45, 7) is 2.10. The Morgan fingerprint density at radius 3 is 2.86 bits per heavy atom. The van der Waals surface area contributed by atoms with E-state index in [2.05, 4.69) is 30.3 Å². The number of hydrogen-bond acceptors (Lipinski definition) is 7. The third-order valence-corrected chi connectivity index (χ3v) is 4.91. The monoisotopic (exact) mass is 393 g/mol. The molecule has 0 radical (unpaired) electrons. The van der Waals surface area contributed by atoms with Gasteiger partial charge < -0.3 is 4.52 Å². The molecule has 0 bridgehead atoms. The summed E-state index contributed by atoms with van der Waals surface area (Å²) < 4.78 is 47.3. The number of pyridine rings is 1. The molecule has 1 saturated heterocycles. The molecule has 0 spiro atoms. The molecule has 1 N–H and O–H groups in total. The Morgan fingerprint density at radius 1 is 1.32 bits per heavy atom. The number of aromatic amines is 1. The Morgan fingerprint density at radius 2 is 2.18 bits per heavy atom. The molecular formula is C17H18F3N7O. The first-order valence-electron chi connectivity index (χ1n) is 8.85. The van der Waals surface area contributed by atoms with Crippen LogP contribution in [0.2, 0.25) is 0 Å². The molecule has 1 atom stereocenters. The van der Waals surface area contributed by atoms with Gasteiger partial charge in [0.05, 0.1) is 6.54 Å². The van der Waals surface area contributed by atoms with Gasteiger partial charge in [0.2, 0.25) is 11.7 Å². The highest BCUT2D eigenvalue weighted by molar-refractivity contribution is 5.52. The van der Waals surface area contributed by atoms with Gasteiger partial charge in [-0.1, -0.05) is 12.1 Å². The highest BCUT2D eigenvalue weighted by Crippen LogP contribution is 2.47. The van der Waals surface area contributed by atoms with Crippen molar-refractivity contribution in [3.63, 3.8) is 0 Å². The van der Waals surface area contributed by atoms with Crippen LogP contribution in [0.15, 0.2) is 29.0 Å². The Balaban J connectivity index is 1.59. The quantitative estimate of drug-likeness (QED) is 0.711. The van der Waals surface area contributed by atoms with Gasteiger partial charge in [-0.3, -0.25) is 15.0 Å². The van der Waals surface area contributed by atoms with Crippen molar-refractivity contribution in [1.82, 2.24) is 35.2 Å². The van der Waals surface area contributed by atoms with Crippen molar-refractivity contribution < 1.29 is 17.7 Å². The standard InChI is InChI=1S/C17H18F3N7O/c1-2-12-22-13(25-24-12)9-27-7-5-16(10-27,17(18,19)20)15-23-14(26-28-15)11-4-3-6-21-8-11/h3-4,6,8H,2,5,7,9-10H2,1H3,(H,22,24,25). The minimum absolute atomic E-state index is 0.0907. The molecule has 11 heteroatoms. The molecule has 3 aromatic heterocycles. The summed E-state index contributed by atoms with van der Waals surface area (Å²) in [7, 11) is 0. The summed E-state index contributed by atoms with van der Waals surface area (Å²) >= 11 is 0. The third-order valence-electron chi connectivity index (χ3n) is 4.91. The molecule has 1 unspecified atom stereocenters. The lowest BCUT2D eigenvalue weighted by molar-refractivity contribution is -0.193. The van der Waals surface area contributed by atoms with Gasteiger partial charge >= 0.3 is 6.18 Å². The summed E-state index contributed by atoms with van der Waals surface area (Å²) in [5.74, 6) is 0.840. The fourth-order valence-corrected chi connectivity index (χ4v) is 3.36. The maximum Gasteiger partial charge on any atom is 0.404 e. The van der Waals surface area contributed by atoms with Crippen LogP contribution in [0.3, 0.4) is 0 Å². The largest absolute Gasteiger partial charge is 0.404 e. The SMILES string of the molecule is CCc1n[nH]c(CN2CCC(c3nc(-c4cccnc4)no3)(C(F)(F)F)C2)n1. The molecule has 1 aliphatic rings. The number of nitrogens with one attached hydrogen (secondary N) is 1. The smallest absolute Gasteiger partial charge is 0.338 e. The van der Waals surface area contributed by atoms with Crippen molar-refractivity contribution in [2.45, 2.75) is 37.9 Å². The average molecular weight is 393 g/mol. The van der Waals surface area contributed by atoms with Crippen LogP contribution in [0.25, 0.3) is 11.4 Å². The van der Waals surface area contributed by atoms with Crippen molar-refractivity contribution in [2.24, 2.45) is 0 Å². The number of likely N-dealkylation sites (tertiary alicyclic amines) is 1. The van der Waals surface area contributed by atoms with Crippen LogP contribution in [-0.2, 0) is 18.4 Å². The van der Waals surface area contributed by atoms with E-state index in [1.165, 1.54) is 6.20 Å². The Kier molecular flexibility index (Phi) is 4.61. The van der Waals surface area contributed by atoms with Crippen molar-refractivity contribution >= 4 is 0 Å². The Labute approximate surface area is 158 Å². The molecule has 1 aliphatic heterocycles. The highest BCUT2D eigenvalue weighted by atomic mass is 19.4. The maximum absolute atomic E-state index is 14.1. The van der Waals surface area contributed by atoms with Crippen LogP contribution in [0.1, 0.15) is 30.9 Å². The zero-order chi connectivity index (χ0) is 19.8. The number of halogens is 3. The Hall–Kier alpha value is -2.82. The second-order valence-corrected chi connectivity index (χ2v) is 6.76. The summed E-state index contributed by atoms with van der Waals surface area (Å²) in [5.41, 5.74) is -1.72. The van der Waals surface area contributed by atoms with Gasteiger partial charge in [-0.25, -0.2) is 4.98 Å². The lowest BCUT2D eigenvalue weighted by Gasteiger charge is -2.27. The second-order valence-electron chi connectivity index (χ2n) is 6.76. The average Bonchev–Trinajstić information content (AvgIpc) is 3.42. The van der Waals surface area contributed by atoms with Gasteiger partial charge in [-0.2, -0.15) is 23.3 Å². The van der Waals surface area contributed by atoms with E-state index in [0.717, 1.165) is 0 Å². The first kappa shape index (κ1) is 18.5. The normalized spacial score (nSPS) is 20.7. The minimum atomic E-state index is -4.53. The predicted octanol–water partition coefficient (Wildman–Crippen LogP) is 2.52. The van der Waals surface area contributed by atoms with E-state index in [1.54, 1.807) is 23.2 Å². The number of nitrogens with zero attached hydrogens (tertiary/aromatic N) is 6. The van der Waals surface area contributed by atoms with Crippen LogP contribution in [0.4, 0.5) is 13.2 Å².